The van der Waals surface area contributed by atoms with Gasteiger partial charge in [0, 0.05) is 30.6 Å². The average molecular weight is 333 g/mol. The van der Waals surface area contributed by atoms with E-state index < -0.39 is 0 Å². The van der Waals surface area contributed by atoms with Gasteiger partial charge in [0.05, 0.1) is 0 Å². The molecule has 1 amide bonds. The summed E-state index contributed by atoms with van der Waals surface area (Å²) in [5.74, 6) is 1.64. The van der Waals surface area contributed by atoms with E-state index in [0.29, 0.717) is 17.9 Å². The second-order valence-electron chi connectivity index (χ2n) is 7.63. The van der Waals surface area contributed by atoms with E-state index in [1.165, 1.54) is 49.9 Å². The summed E-state index contributed by atoms with van der Waals surface area (Å²) in [6.45, 7) is 4.57. The molecule has 0 aromatic heterocycles. The smallest absolute Gasteiger partial charge is 0.254 e. The molecular weight excluding hydrogens is 308 g/mol. The van der Waals surface area contributed by atoms with Gasteiger partial charge in [-0.2, -0.15) is 0 Å². The van der Waals surface area contributed by atoms with Crippen LogP contribution in [0.1, 0.15) is 53.1 Å². The van der Waals surface area contributed by atoms with Crippen molar-refractivity contribution in [3.05, 3.63) is 34.9 Å². The summed E-state index contributed by atoms with van der Waals surface area (Å²) in [6, 6.07) is 6.87. The summed E-state index contributed by atoms with van der Waals surface area (Å²) in [4.78, 5) is 18.0. The second kappa shape index (κ2) is 5.78. The monoisotopic (exact) mass is 332 g/mol. The fourth-order valence-electron chi connectivity index (χ4n) is 5.41. The lowest BCUT2D eigenvalue weighted by molar-refractivity contribution is 0.00258. The molecule has 4 aliphatic heterocycles. The van der Waals surface area contributed by atoms with Gasteiger partial charge < -0.3 is 9.80 Å². The fourth-order valence-corrected chi connectivity index (χ4v) is 5.41. The number of amides is 1. The van der Waals surface area contributed by atoms with E-state index in [4.69, 9.17) is 0 Å². The zero-order valence-electron chi connectivity index (χ0n) is 13.5. The van der Waals surface area contributed by atoms with Gasteiger partial charge >= 0.3 is 0 Å². The summed E-state index contributed by atoms with van der Waals surface area (Å²) in [7, 11) is 0. The molecule has 3 saturated heterocycles. The first-order valence-corrected chi connectivity index (χ1v) is 8.96. The second-order valence-corrected chi connectivity index (χ2v) is 7.63. The van der Waals surface area contributed by atoms with E-state index >= 15 is 0 Å². The van der Waals surface area contributed by atoms with Crippen LogP contribution in [0.5, 0.6) is 0 Å². The van der Waals surface area contributed by atoms with E-state index in [1.807, 2.05) is 0 Å². The van der Waals surface area contributed by atoms with Crippen molar-refractivity contribution in [3.63, 3.8) is 0 Å². The Morgan fingerprint density at radius 3 is 2.61 bits per heavy atom. The molecule has 1 aliphatic carbocycles. The Hall–Kier alpha value is -1.06. The maximum absolute atomic E-state index is 13.1. The zero-order chi connectivity index (χ0) is 14.7. The molecule has 0 N–H and O–H groups in total. The number of rotatable bonds is 1. The van der Waals surface area contributed by atoms with Crippen molar-refractivity contribution >= 4 is 18.3 Å². The first-order valence-electron chi connectivity index (χ1n) is 8.96. The number of carbonyl (C=O) groups is 1. The highest BCUT2D eigenvalue weighted by atomic mass is 35.5. The molecule has 3 fully saturated rings. The first-order chi connectivity index (χ1) is 10.8. The van der Waals surface area contributed by atoms with Crippen LogP contribution in [0.2, 0.25) is 0 Å². The topological polar surface area (TPSA) is 23.6 Å². The fraction of sp³-hybridized carbons (Fsp3) is 0.632. The van der Waals surface area contributed by atoms with Gasteiger partial charge in [-0.25, -0.2) is 0 Å². The van der Waals surface area contributed by atoms with E-state index in [1.54, 1.807) is 0 Å². The van der Waals surface area contributed by atoms with Gasteiger partial charge in [0.2, 0.25) is 0 Å². The highest BCUT2D eigenvalue weighted by Gasteiger charge is 2.43. The standard InChI is InChI=1S/C19H24N2O.ClH/c22-19-16-6-2-4-14-3-1-5-15(18(14)16)11-21(19)17-12-20-9-7-13(17)8-10-20;/h2,4,6,13,15,17H,1,3,5,7-12H2;1H/t15-,17+;/m1./s1. The minimum atomic E-state index is 0. The average Bonchev–Trinajstić information content (AvgIpc) is 2.59. The lowest BCUT2D eigenvalue weighted by atomic mass is 9.75. The van der Waals surface area contributed by atoms with E-state index in [0.717, 1.165) is 31.0 Å². The Bertz CT molecular complexity index is 624. The van der Waals surface area contributed by atoms with Gasteiger partial charge in [0.15, 0.2) is 0 Å². The van der Waals surface area contributed by atoms with Crippen LogP contribution >= 0.6 is 12.4 Å². The molecule has 2 atom stereocenters. The summed E-state index contributed by atoms with van der Waals surface area (Å²) >= 11 is 0. The maximum Gasteiger partial charge on any atom is 0.254 e. The predicted octanol–water partition coefficient (Wildman–Crippen LogP) is 3.08. The molecular formula is C19H25ClN2O. The van der Waals surface area contributed by atoms with E-state index in [9.17, 15) is 4.79 Å². The number of hydrogen-bond donors (Lipinski definition) is 0. The number of nitrogens with zero attached hydrogens (tertiary/aromatic N) is 2. The van der Waals surface area contributed by atoms with Gasteiger partial charge in [-0.3, -0.25) is 4.79 Å². The van der Waals surface area contributed by atoms with Crippen molar-refractivity contribution < 1.29 is 4.79 Å². The third-order valence-electron chi connectivity index (χ3n) is 6.53. The van der Waals surface area contributed by atoms with Gasteiger partial charge in [0.25, 0.3) is 5.91 Å². The number of halogens is 1. The Morgan fingerprint density at radius 2 is 1.87 bits per heavy atom. The van der Waals surface area contributed by atoms with E-state index in [2.05, 4.69) is 28.0 Å². The van der Waals surface area contributed by atoms with Crippen LogP contribution in [0.15, 0.2) is 18.2 Å². The van der Waals surface area contributed by atoms with Crippen molar-refractivity contribution in [2.45, 2.75) is 44.1 Å². The molecule has 5 aliphatic rings. The van der Waals surface area contributed by atoms with Crippen LogP contribution in [0.4, 0.5) is 0 Å². The third kappa shape index (κ3) is 2.32. The number of benzene rings is 1. The summed E-state index contributed by atoms with van der Waals surface area (Å²) in [5, 5.41) is 0. The largest absolute Gasteiger partial charge is 0.333 e. The van der Waals surface area contributed by atoms with Gasteiger partial charge in [-0.15, -0.1) is 12.4 Å². The van der Waals surface area contributed by atoms with Crippen LogP contribution in [-0.2, 0) is 6.42 Å². The van der Waals surface area contributed by atoms with Crippen LogP contribution in [-0.4, -0.2) is 47.9 Å². The molecule has 0 radical (unpaired) electrons. The third-order valence-corrected chi connectivity index (χ3v) is 6.53. The minimum Gasteiger partial charge on any atom is -0.333 e. The molecule has 4 heterocycles. The Morgan fingerprint density at radius 1 is 1.04 bits per heavy atom. The van der Waals surface area contributed by atoms with Crippen molar-refractivity contribution in [3.8, 4) is 0 Å². The molecule has 1 aromatic carbocycles. The molecule has 23 heavy (non-hydrogen) atoms. The Labute approximate surface area is 144 Å². The SMILES string of the molecule is Cl.O=C1c2cccc3c2[C@H](CCC3)CN1[C@H]1CN2CCC1CC2. The Balaban J connectivity index is 0.00000135. The lowest BCUT2D eigenvalue weighted by Crippen LogP contribution is -2.60. The quantitative estimate of drug-likeness (QED) is 0.789. The van der Waals surface area contributed by atoms with Crippen molar-refractivity contribution in [2.24, 2.45) is 5.92 Å². The first kappa shape index (κ1) is 15.5. The van der Waals surface area contributed by atoms with Crippen LogP contribution in [0.25, 0.3) is 0 Å². The molecule has 124 valence electrons. The van der Waals surface area contributed by atoms with Crippen LogP contribution in [0, 0.1) is 5.92 Å². The van der Waals surface area contributed by atoms with Crippen LogP contribution in [0.3, 0.4) is 0 Å². The summed E-state index contributed by atoms with van der Waals surface area (Å²) < 4.78 is 0. The molecule has 0 saturated carbocycles. The maximum atomic E-state index is 13.1. The van der Waals surface area contributed by atoms with Gasteiger partial charge in [-0.05, 0) is 68.3 Å². The number of piperidine rings is 3. The van der Waals surface area contributed by atoms with Crippen molar-refractivity contribution in [2.75, 3.05) is 26.2 Å². The summed E-state index contributed by atoms with van der Waals surface area (Å²) in [6.07, 6.45) is 6.27. The van der Waals surface area contributed by atoms with Crippen molar-refractivity contribution in [1.82, 2.24) is 9.80 Å². The highest BCUT2D eigenvalue weighted by Crippen LogP contribution is 2.41. The molecule has 4 heteroatoms. The molecule has 0 spiro atoms. The number of hydrogen-bond acceptors (Lipinski definition) is 2. The number of carbonyl (C=O) groups excluding carboxylic acids is 1. The highest BCUT2D eigenvalue weighted by molar-refractivity contribution is 5.98. The molecule has 1 aromatic rings. The molecule has 0 unspecified atom stereocenters. The lowest BCUT2D eigenvalue weighted by Gasteiger charge is -2.51. The normalized spacial score (nSPS) is 34.8. The zero-order valence-corrected chi connectivity index (χ0v) is 14.4. The number of aryl methyl sites for hydroxylation is 1. The minimum absolute atomic E-state index is 0. The molecule has 2 bridgehead atoms. The summed E-state index contributed by atoms with van der Waals surface area (Å²) in [5.41, 5.74) is 3.86. The molecule has 3 nitrogen and oxygen atoms in total. The Kier molecular flexibility index (Phi) is 3.89. The van der Waals surface area contributed by atoms with Gasteiger partial charge in [-0.1, -0.05) is 12.1 Å². The van der Waals surface area contributed by atoms with Crippen molar-refractivity contribution in [1.29, 1.82) is 0 Å². The van der Waals surface area contributed by atoms with Gasteiger partial charge in [0.1, 0.15) is 0 Å². The predicted molar refractivity (Wildman–Crippen MR) is 93.4 cm³/mol. The molecule has 6 rings (SSSR count). The van der Waals surface area contributed by atoms with Crippen LogP contribution < -0.4 is 0 Å². The van der Waals surface area contributed by atoms with E-state index in [-0.39, 0.29) is 12.4 Å². The number of fused-ring (bicyclic) bond motifs is 3.